The van der Waals surface area contributed by atoms with E-state index in [1.54, 1.807) is 7.05 Å². The predicted octanol–water partition coefficient (Wildman–Crippen LogP) is -0.146. The van der Waals surface area contributed by atoms with Crippen molar-refractivity contribution in [3.8, 4) is 0 Å². The molecule has 1 atom stereocenters. The number of primary amides is 1. The first-order valence-electron chi connectivity index (χ1n) is 5.80. The minimum absolute atomic E-state index is 0.205. The maximum atomic E-state index is 11.4. The zero-order valence-corrected chi connectivity index (χ0v) is 11.0. The van der Waals surface area contributed by atoms with Gasteiger partial charge in [-0.25, -0.2) is 0 Å². The van der Waals surface area contributed by atoms with Crippen molar-refractivity contribution in [2.24, 2.45) is 16.7 Å². The fraction of sp³-hybridized carbons (Fsp3) is 0.308. The number of hydrogen-bond acceptors (Lipinski definition) is 4. The Morgan fingerprint density at radius 1 is 1.47 bits per heavy atom. The fourth-order valence-corrected chi connectivity index (χ4v) is 1.76. The molecule has 0 aliphatic carbocycles. The Morgan fingerprint density at radius 3 is 2.68 bits per heavy atom. The minimum Gasteiger partial charge on any atom is -0.368 e. The first-order valence-corrected chi connectivity index (χ1v) is 5.80. The van der Waals surface area contributed by atoms with Crippen molar-refractivity contribution >= 4 is 18.0 Å². The maximum Gasteiger partial charge on any atom is 0.240 e. The van der Waals surface area contributed by atoms with Gasteiger partial charge in [0.25, 0.3) is 0 Å². The Bertz CT molecular complexity index is 499. The summed E-state index contributed by atoms with van der Waals surface area (Å²) in [6, 6.07) is 6.71. The molecule has 0 spiro atoms. The molecule has 0 aromatic heterocycles. The standard InChI is InChI=1S/C13H18N4O2/c1-9(18)17(2)12(13(14)19)7-10-4-3-5-11(6-10)8-16-15/h3-6,8,12H,7,15H2,1-2H3,(H2,14,19)/b16-8-. The van der Waals surface area contributed by atoms with Crippen LogP contribution < -0.4 is 11.6 Å². The number of nitrogens with two attached hydrogens (primary N) is 2. The Labute approximate surface area is 112 Å². The van der Waals surface area contributed by atoms with E-state index < -0.39 is 11.9 Å². The van der Waals surface area contributed by atoms with Crippen molar-refractivity contribution in [1.82, 2.24) is 4.90 Å². The molecule has 0 aliphatic rings. The lowest BCUT2D eigenvalue weighted by molar-refractivity contribution is -0.136. The number of hydrazone groups is 1. The highest BCUT2D eigenvalue weighted by Crippen LogP contribution is 2.10. The highest BCUT2D eigenvalue weighted by Gasteiger charge is 2.22. The highest BCUT2D eigenvalue weighted by atomic mass is 16.2. The van der Waals surface area contributed by atoms with Gasteiger partial charge in [-0.05, 0) is 11.1 Å². The lowest BCUT2D eigenvalue weighted by Crippen LogP contribution is -2.46. The molecule has 0 fully saturated rings. The van der Waals surface area contributed by atoms with E-state index >= 15 is 0 Å². The van der Waals surface area contributed by atoms with Gasteiger partial charge in [0.05, 0.1) is 6.21 Å². The van der Waals surface area contributed by atoms with Crippen LogP contribution in [-0.4, -0.2) is 36.0 Å². The quantitative estimate of drug-likeness (QED) is 0.438. The molecule has 0 saturated carbocycles. The van der Waals surface area contributed by atoms with Gasteiger partial charge in [0, 0.05) is 20.4 Å². The first-order chi connectivity index (χ1) is 8.95. The molecular weight excluding hydrogens is 244 g/mol. The van der Waals surface area contributed by atoms with Crippen LogP contribution in [0.25, 0.3) is 0 Å². The van der Waals surface area contributed by atoms with Crippen molar-refractivity contribution in [2.45, 2.75) is 19.4 Å². The molecule has 19 heavy (non-hydrogen) atoms. The van der Waals surface area contributed by atoms with E-state index in [4.69, 9.17) is 11.6 Å². The lowest BCUT2D eigenvalue weighted by Gasteiger charge is -2.24. The molecule has 0 heterocycles. The third-order valence-corrected chi connectivity index (χ3v) is 2.90. The zero-order valence-electron chi connectivity index (χ0n) is 11.0. The van der Waals surface area contributed by atoms with E-state index in [2.05, 4.69) is 5.10 Å². The van der Waals surface area contributed by atoms with Gasteiger partial charge in [-0.15, -0.1) is 0 Å². The highest BCUT2D eigenvalue weighted by molar-refractivity contribution is 5.86. The smallest absolute Gasteiger partial charge is 0.240 e. The van der Waals surface area contributed by atoms with E-state index in [0.717, 1.165) is 11.1 Å². The second-order valence-corrected chi connectivity index (χ2v) is 4.28. The second-order valence-electron chi connectivity index (χ2n) is 4.28. The number of hydrogen-bond donors (Lipinski definition) is 2. The van der Waals surface area contributed by atoms with Crippen molar-refractivity contribution in [2.75, 3.05) is 7.05 Å². The Hall–Kier alpha value is -2.37. The summed E-state index contributed by atoms with van der Waals surface area (Å²) in [4.78, 5) is 24.1. The van der Waals surface area contributed by atoms with Gasteiger partial charge in [0.15, 0.2) is 0 Å². The number of carbonyl (C=O) groups is 2. The summed E-state index contributed by atoms with van der Waals surface area (Å²) < 4.78 is 0. The second kappa shape index (κ2) is 6.53. The first kappa shape index (κ1) is 14.7. The molecule has 1 unspecified atom stereocenters. The summed E-state index contributed by atoms with van der Waals surface area (Å²) in [5, 5.41) is 3.44. The maximum absolute atomic E-state index is 11.4. The number of likely N-dealkylation sites (N-methyl/N-ethyl adjacent to an activating group) is 1. The molecule has 2 amide bonds. The number of amides is 2. The van der Waals surface area contributed by atoms with Gasteiger partial charge in [-0.2, -0.15) is 5.10 Å². The largest absolute Gasteiger partial charge is 0.368 e. The molecule has 1 aromatic carbocycles. The van der Waals surface area contributed by atoms with Crippen LogP contribution >= 0.6 is 0 Å². The summed E-state index contributed by atoms with van der Waals surface area (Å²) in [5.41, 5.74) is 7.05. The van der Waals surface area contributed by atoms with Crippen molar-refractivity contribution < 1.29 is 9.59 Å². The zero-order chi connectivity index (χ0) is 14.4. The SMILES string of the molecule is CC(=O)N(C)C(Cc1cccc(/C=N\N)c1)C(N)=O. The van der Waals surface area contributed by atoms with Crippen LogP contribution in [0.5, 0.6) is 0 Å². The summed E-state index contributed by atoms with van der Waals surface area (Å²) >= 11 is 0. The molecule has 0 saturated heterocycles. The molecule has 6 nitrogen and oxygen atoms in total. The van der Waals surface area contributed by atoms with Crippen molar-refractivity contribution in [3.05, 3.63) is 35.4 Å². The summed E-state index contributed by atoms with van der Waals surface area (Å²) in [6.07, 6.45) is 1.87. The number of carbonyl (C=O) groups excluding carboxylic acids is 2. The molecule has 102 valence electrons. The van der Waals surface area contributed by atoms with E-state index in [9.17, 15) is 9.59 Å². The average Bonchev–Trinajstić information content (AvgIpc) is 2.35. The van der Waals surface area contributed by atoms with Gasteiger partial charge in [-0.3, -0.25) is 9.59 Å². The topological polar surface area (TPSA) is 102 Å². The molecule has 6 heteroatoms. The van der Waals surface area contributed by atoms with Crippen LogP contribution in [0.4, 0.5) is 0 Å². The molecule has 0 aliphatic heterocycles. The van der Waals surface area contributed by atoms with E-state index in [-0.39, 0.29) is 5.91 Å². The van der Waals surface area contributed by atoms with Crippen LogP contribution in [0.15, 0.2) is 29.4 Å². The van der Waals surface area contributed by atoms with Crippen LogP contribution in [-0.2, 0) is 16.0 Å². The van der Waals surface area contributed by atoms with Crippen LogP contribution in [0.3, 0.4) is 0 Å². The van der Waals surface area contributed by atoms with Crippen molar-refractivity contribution in [3.63, 3.8) is 0 Å². The number of benzene rings is 1. The molecule has 1 rings (SSSR count). The molecule has 0 radical (unpaired) electrons. The molecule has 4 N–H and O–H groups in total. The van der Waals surface area contributed by atoms with E-state index in [1.807, 2.05) is 24.3 Å². The minimum atomic E-state index is -0.664. The Kier molecular flexibility index (Phi) is 5.05. The molecule has 0 bridgehead atoms. The van der Waals surface area contributed by atoms with E-state index in [0.29, 0.717) is 6.42 Å². The Balaban J connectivity index is 2.93. The van der Waals surface area contributed by atoms with Gasteiger partial charge in [0.2, 0.25) is 11.8 Å². The average molecular weight is 262 g/mol. The van der Waals surface area contributed by atoms with Crippen LogP contribution in [0.1, 0.15) is 18.1 Å². The van der Waals surface area contributed by atoms with Gasteiger partial charge >= 0.3 is 0 Å². The summed E-state index contributed by atoms with van der Waals surface area (Å²) in [6.45, 7) is 1.40. The van der Waals surface area contributed by atoms with E-state index in [1.165, 1.54) is 18.0 Å². The number of nitrogens with zero attached hydrogens (tertiary/aromatic N) is 2. The van der Waals surface area contributed by atoms with Gasteiger partial charge in [0.1, 0.15) is 6.04 Å². The number of rotatable bonds is 5. The van der Waals surface area contributed by atoms with Crippen LogP contribution in [0, 0.1) is 0 Å². The third-order valence-electron chi connectivity index (χ3n) is 2.90. The summed E-state index contributed by atoms with van der Waals surface area (Å²) in [7, 11) is 1.56. The Morgan fingerprint density at radius 2 is 2.16 bits per heavy atom. The predicted molar refractivity (Wildman–Crippen MR) is 73.4 cm³/mol. The molecule has 1 aromatic rings. The lowest BCUT2D eigenvalue weighted by atomic mass is 10.0. The van der Waals surface area contributed by atoms with Crippen LogP contribution in [0.2, 0.25) is 0 Å². The molecular formula is C13H18N4O2. The van der Waals surface area contributed by atoms with Gasteiger partial charge < -0.3 is 16.5 Å². The summed E-state index contributed by atoms with van der Waals surface area (Å²) in [5.74, 6) is 4.35. The normalized spacial score (nSPS) is 12.3. The van der Waals surface area contributed by atoms with Crippen molar-refractivity contribution in [1.29, 1.82) is 0 Å². The monoisotopic (exact) mass is 262 g/mol. The third kappa shape index (κ3) is 4.09. The van der Waals surface area contributed by atoms with Gasteiger partial charge in [-0.1, -0.05) is 24.3 Å². The fourth-order valence-electron chi connectivity index (χ4n) is 1.76.